The monoisotopic (exact) mass is 171 g/mol. The van der Waals surface area contributed by atoms with Crippen LogP contribution in [0.3, 0.4) is 0 Å². The molecule has 0 rings (SSSR count). The Morgan fingerprint density at radius 1 is 1.50 bits per heavy atom. The minimum atomic E-state index is 0.0750. The Hall–Kier alpha value is -0.670. The van der Waals surface area contributed by atoms with Crippen molar-refractivity contribution in [1.29, 1.82) is 0 Å². The van der Waals surface area contributed by atoms with Gasteiger partial charge in [-0.1, -0.05) is 13.0 Å². The fourth-order valence-electron chi connectivity index (χ4n) is 0.798. The average Bonchev–Trinajstić information content (AvgIpc) is 2.01. The maximum atomic E-state index is 11.4. The molecule has 0 aromatic carbocycles. The summed E-state index contributed by atoms with van der Waals surface area (Å²) < 4.78 is 0.220. The minimum Gasteiger partial charge on any atom is -0.224 e. The second kappa shape index (κ2) is 5.06. The molecule has 0 atom stereocenters. The highest BCUT2D eigenvalue weighted by Crippen LogP contribution is 1.94. The second-order valence-corrected chi connectivity index (χ2v) is 3.20. The molecule has 0 aromatic heterocycles. The Balaban J connectivity index is 4.09. The number of amides is 1. The van der Waals surface area contributed by atoms with Crippen LogP contribution >= 0.6 is 0 Å². The largest absolute Gasteiger partial charge is 0.356 e. The number of nitrogens with zero attached hydrogens (tertiary/aromatic N) is 1. The number of allylic oxidation sites excluding steroid dienone is 1. The van der Waals surface area contributed by atoms with Crippen LogP contribution in [0, 0.1) is 0 Å². The Morgan fingerprint density at radius 2 is 2.08 bits per heavy atom. The lowest BCUT2D eigenvalue weighted by Gasteiger charge is -2.24. The van der Waals surface area contributed by atoms with E-state index in [1.54, 1.807) is 12.2 Å². The summed E-state index contributed by atoms with van der Waals surface area (Å²) in [6, 6.07) is 0. The van der Waals surface area contributed by atoms with Crippen molar-refractivity contribution in [2.75, 3.05) is 20.6 Å². The Labute approximate surface area is 74.6 Å². The summed E-state index contributed by atoms with van der Waals surface area (Å²) in [6.07, 6.45) is 4.38. The third-order valence-electron chi connectivity index (χ3n) is 1.62. The van der Waals surface area contributed by atoms with Crippen molar-refractivity contribution in [3.8, 4) is 0 Å². The van der Waals surface area contributed by atoms with Gasteiger partial charge in [0.1, 0.15) is 0 Å². The van der Waals surface area contributed by atoms with E-state index in [0.29, 0.717) is 0 Å². The number of likely N-dealkylation sites (N-methyl/N-ethyl adjacent to an activating group) is 1. The molecule has 0 aromatic rings. The highest BCUT2D eigenvalue weighted by molar-refractivity contribution is 5.80. The summed E-state index contributed by atoms with van der Waals surface area (Å²) in [5, 5.41) is 0. The average molecular weight is 171 g/mol. The van der Waals surface area contributed by atoms with Crippen molar-refractivity contribution in [2.45, 2.75) is 20.3 Å². The van der Waals surface area contributed by atoms with Crippen LogP contribution in [-0.2, 0) is 4.79 Å². The molecule has 0 spiro atoms. The van der Waals surface area contributed by atoms with Crippen LogP contribution in [0.15, 0.2) is 12.2 Å². The van der Waals surface area contributed by atoms with Gasteiger partial charge < -0.3 is 0 Å². The lowest BCUT2D eigenvalue weighted by molar-refractivity contribution is -0.857. The van der Waals surface area contributed by atoms with Crippen LogP contribution in [0.4, 0.5) is 0 Å². The van der Waals surface area contributed by atoms with E-state index in [1.165, 1.54) is 0 Å². The first-order chi connectivity index (χ1) is 5.54. The number of hydrogen-bond acceptors (Lipinski definition) is 2. The molecule has 1 N–H and O–H groups in total. The maximum Gasteiger partial charge on any atom is 0.356 e. The molecule has 0 heterocycles. The van der Waals surface area contributed by atoms with Gasteiger partial charge in [-0.2, -0.15) is 10.0 Å². The van der Waals surface area contributed by atoms with E-state index in [9.17, 15) is 4.79 Å². The van der Waals surface area contributed by atoms with Crippen LogP contribution in [0.1, 0.15) is 20.3 Å². The molecule has 0 radical (unpaired) electrons. The zero-order chi connectivity index (χ0) is 9.61. The van der Waals surface area contributed by atoms with Crippen LogP contribution in [0.5, 0.6) is 0 Å². The number of carbonyl (C=O) groups excluding carboxylic acids is 1. The van der Waals surface area contributed by atoms with Crippen LogP contribution in [0.25, 0.3) is 0 Å². The van der Waals surface area contributed by atoms with Crippen molar-refractivity contribution in [3.05, 3.63) is 12.2 Å². The number of nitrogens with one attached hydrogen (secondary N) is 1. The van der Waals surface area contributed by atoms with Gasteiger partial charge in [0.15, 0.2) is 0 Å². The molecular weight excluding hydrogens is 152 g/mol. The smallest absolute Gasteiger partial charge is 0.224 e. The van der Waals surface area contributed by atoms with E-state index in [4.69, 9.17) is 0 Å². The zero-order valence-electron chi connectivity index (χ0n) is 8.42. The Morgan fingerprint density at radius 3 is 2.50 bits per heavy atom. The van der Waals surface area contributed by atoms with E-state index in [2.05, 4.69) is 12.3 Å². The van der Waals surface area contributed by atoms with Gasteiger partial charge in [0.2, 0.25) is 0 Å². The minimum absolute atomic E-state index is 0.0750. The molecule has 0 saturated carbocycles. The van der Waals surface area contributed by atoms with E-state index in [1.807, 2.05) is 21.0 Å². The summed E-state index contributed by atoms with van der Waals surface area (Å²) in [4.78, 5) is 11.4. The third-order valence-corrected chi connectivity index (χ3v) is 1.62. The number of rotatable bonds is 4. The van der Waals surface area contributed by atoms with Crippen molar-refractivity contribution in [2.24, 2.45) is 0 Å². The summed E-state index contributed by atoms with van der Waals surface area (Å²) in [5.41, 5.74) is 3.13. The highest BCUT2D eigenvalue weighted by atomic mass is 16.2. The fourth-order valence-corrected chi connectivity index (χ4v) is 0.798. The van der Waals surface area contributed by atoms with E-state index >= 15 is 0 Å². The molecule has 12 heavy (non-hydrogen) atoms. The molecule has 3 heteroatoms. The van der Waals surface area contributed by atoms with Gasteiger partial charge in [-0.25, -0.2) is 4.79 Å². The summed E-state index contributed by atoms with van der Waals surface area (Å²) in [5.74, 6) is 0.0750. The highest BCUT2D eigenvalue weighted by Gasteiger charge is 2.22. The van der Waals surface area contributed by atoms with Crippen molar-refractivity contribution in [3.63, 3.8) is 0 Å². The summed E-state index contributed by atoms with van der Waals surface area (Å²) in [7, 11) is 3.69. The first kappa shape index (κ1) is 11.3. The summed E-state index contributed by atoms with van der Waals surface area (Å²) in [6.45, 7) is 4.78. The van der Waals surface area contributed by atoms with Crippen molar-refractivity contribution >= 4 is 5.91 Å². The molecule has 70 valence electrons. The van der Waals surface area contributed by atoms with E-state index in [-0.39, 0.29) is 10.5 Å². The number of carbonyl (C=O) groups is 1. The predicted molar refractivity (Wildman–Crippen MR) is 50.2 cm³/mol. The molecule has 0 aliphatic heterocycles. The van der Waals surface area contributed by atoms with Gasteiger partial charge in [-0.15, -0.1) is 0 Å². The molecule has 3 nitrogen and oxygen atoms in total. The normalized spacial score (nSPS) is 12.3. The standard InChI is InChI=1S/C9H19N2O/c1-5-7-9(12)11(3,4)10-8-6-2/h5,7,10H,6,8H2,1-4H3/q+1. The molecule has 0 aliphatic carbocycles. The topological polar surface area (TPSA) is 29.1 Å². The molecule has 1 amide bonds. The van der Waals surface area contributed by atoms with Crippen molar-refractivity contribution in [1.82, 2.24) is 5.43 Å². The maximum absolute atomic E-state index is 11.4. The predicted octanol–water partition coefficient (Wildman–Crippen LogP) is 1.08. The molecular formula is C9H19N2O+. The molecule has 0 saturated heterocycles. The van der Waals surface area contributed by atoms with Gasteiger partial charge in [-0.3, -0.25) is 0 Å². The van der Waals surface area contributed by atoms with Gasteiger partial charge in [-0.05, 0) is 13.3 Å². The summed E-state index contributed by atoms with van der Waals surface area (Å²) >= 11 is 0. The van der Waals surface area contributed by atoms with E-state index < -0.39 is 0 Å². The molecule has 0 fully saturated rings. The van der Waals surface area contributed by atoms with Crippen molar-refractivity contribution < 1.29 is 9.39 Å². The molecule has 0 unspecified atom stereocenters. The van der Waals surface area contributed by atoms with Crippen LogP contribution < -0.4 is 5.43 Å². The Kier molecular flexibility index (Phi) is 4.78. The molecule has 0 bridgehead atoms. The van der Waals surface area contributed by atoms with Crippen LogP contribution in [0.2, 0.25) is 0 Å². The number of hydrogen-bond donors (Lipinski definition) is 1. The van der Waals surface area contributed by atoms with Gasteiger partial charge >= 0.3 is 5.91 Å². The van der Waals surface area contributed by atoms with Gasteiger partial charge in [0.05, 0.1) is 14.1 Å². The lowest BCUT2D eigenvalue weighted by Crippen LogP contribution is -2.55. The van der Waals surface area contributed by atoms with E-state index in [0.717, 1.165) is 13.0 Å². The number of quaternary nitrogens is 1. The first-order valence-electron chi connectivity index (χ1n) is 4.31. The van der Waals surface area contributed by atoms with Gasteiger partial charge in [0, 0.05) is 12.6 Å². The SMILES string of the molecule is CC=CC(=O)[N+](C)(C)NCCC. The second-order valence-electron chi connectivity index (χ2n) is 3.20. The zero-order valence-corrected chi connectivity index (χ0v) is 8.42. The fraction of sp³-hybridized carbons (Fsp3) is 0.667. The first-order valence-corrected chi connectivity index (χ1v) is 4.31. The third kappa shape index (κ3) is 3.64. The van der Waals surface area contributed by atoms with Gasteiger partial charge in [0.25, 0.3) is 0 Å². The Bertz CT molecular complexity index is 173. The molecule has 0 aliphatic rings. The van der Waals surface area contributed by atoms with Crippen LogP contribution in [-0.4, -0.2) is 31.1 Å². The quantitative estimate of drug-likeness (QED) is 0.389. The lowest BCUT2D eigenvalue weighted by atomic mass is 10.4.